The summed E-state index contributed by atoms with van der Waals surface area (Å²) in [5.74, 6) is -0.497. The van der Waals surface area contributed by atoms with Gasteiger partial charge in [0.25, 0.3) is 0 Å². The summed E-state index contributed by atoms with van der Waals surface area (Å²) in [7, 11) is 0. The maximum absolute atomic E-state index is 12.1. The minimum atomic E-state index is -0.497. The molecule has 0 saturated heterocycles. The van der Waals surface area contributed by atoms with Gasteiger partial charge in [-0.1, -0.05) is 17.7 Å². The van der Waals surface area contributed by atoms with Gasteiger partial charge >= 0.3 is 11.6 Å². The van der Waals surface area contributed by atoms with Crippen molar-refractivity contribution in [1.82, 2.24) is 0 Å². The summed E-state index contributed by atoms with van der Waals surface area (Å²) in [6.07, 6.45) is 0. The Kier molecular flexibility index (Phi) is 4.40. The van der Waals surface area contributed by atoms with E-state index in [0.29, 0.717) is 21.7 Å². The Labute approximate surface area is 143 Å². The highest BCUT2D eigenvalue weighted by atomic mass is 35.5. The lowest BCUT2D eigenvalue weighted by atomic mass is 10.0. The summed E-state index contributed by atoms with van der Waals surface area (Å²) >= 11 is 5.88. The van der Waals surface area contributed by atoms with Crippen LogP contribution in [0.3, 0.4) is 0 Å². The maximum Gasteiger partial charge on any atom is 0.338 e. The standard InChI is InChI=1S/C19H15ClO4/c1-11-6-16-14(9-18(21)24-17(16)7-12(11)2)10-23-19(22)13-4-3-5-15(20)8-13/h3-9H,10H2,1-2H3. The summed E-state index contributed by atoms with van der Waals surface area (Å²) in [6, 6.07) is 11.6. The Balaban J connectivity index is 1.91. The Morgan fingerprint density at radius 2 is 1.88 bits per heavy atom. The highest BCUT2D eigenvalue weighted by molar-refractivity contribution is 6.30. The zero-order chi connectivity index (χ0) is 17.3. The fourth-order valence-corrected chi connectivity index (χ4v) is 2.63. The van der Waals surface area contributed by atoms with Gasteiger partial charge in [0.1, 0.15) is 12.2 Å². The van der Waals surface area contributed by atoms with E-state index in [1.807, 2.05) is 26.0 Å². The Morgan fingerprint density at radius 3 is 2.62 bits per heavy atom. The van der Waals surface area contributed by atoms with Gasteiger partial charge in [-0.3, -0.25) is 0 Å². The van der Waals surface area contributed by atoms with E-state index in [2.05, 4.69) is 0 Å². The third-order valence-corrected chi connectivity index (χ3v) is 4.10. The van der Waals surface area contributed by atoms with Crippen LogP contribution in [-0.4, -0.2) is 5.97 Å². The number of rotatable bonds is 3. The van der Waals surface area contributed by atoms with Crippen LogP contribution in [0.2, 0.25) is 5.02 Å². The van der Waals surface area contributed by atoms with Gasteiger partial charge in [-0.25, -0.2) is 9.59 Å². The molecule has 122 valence electrons. The number of ether oxygens (including phenoxy) is 1. The van der Waals surface area contributed by atoms with Gasteiger partial charge in [0.15, 0.2) is 0 Å². The second kappa shape index (κ2) is 6.49. The van der Waals surface area contributed by atoms with Crippen molar-refractivity contribution >= 4 is 28.5 Å². The molecule has 0 amide bonds. The summed E-state index contributed by atoms with van der Waals surface area (Å²) in [6.45, 7) is 3.90. The fraction of sp³-hybridized carbons (Fsp3) is 0.158. The van der Waals surface area contributed by atoms with E-state index < -0.39 is 11.6 Å². The second-order valence-corrected chi connectivity index (χ2v) is 6.05. The number of hydrogen-bond donors (Lipinski definition) is 0. The first-order valence-corrected chi connectivity index (χ1v) is 7.78. The number of esters is 1. The number of carbonyl (C=O) groups is 1. The lowest BCUT2D eigenvalue weighted by molar-refractivity contribution is 0.0474. The van der Waals surface area contributed by atoms with Gasteiger partial charge in [-0.05, 0) is 55.3 Å². The minimum absolute atomic E-state index is 0.0179. The molecule has 1 aromatic heterocycles. The van der Waals surface area contributed by atoms with E-state index in [4.69, 9.17) is 20.8 Å². The Hall–Kier alpha value is -2.59. The molecule has 0 spiro atoms. The highest BCUT2D eigenvalue weighted by Gasteiger charge is 2.12. The van der Waals surface area contributed by atoms with E-state index in [9.17, 15) is 9.59 Å². The van der Waals surface area contributed by atoms with Crippen molar-refractivity contribution in [2.75, 3.05) is 0 Å². The lowest BCUT2D eigenvalue weighted by Gasteiger charge is -2.09. The van der Waals surface area contributed by atoms with Crippen LogP contribution in [-0.2, 0) is 11.3 Å². The molecule has 5 heteroatoms. The average Bonchev–Trinajstić information content (AvgIpc) is 2.54. The van der Waals surface area contributed by atoms with E-state index in [0.717, 1.165) is 16.5 Å². The molecule has 0 aliphatic heterocycles. The van der Waals surface area contributed by atoms with Crippen LogP contribution >= 0.6 is 11.6 Å². The molecule has 2 aromatic carbocycles. The van der Waals surface area contributed by atoms with E-state index >= 15 is 0 Å². The first-order chi connectivity index (χ1) is 11.4. The van der Waals surface area contributed by atoms with Crippen molar-refractivity contribution in [3.63, 3.8) is 0 Å². The third kappa shape index (κ3) is 3.34. The molecule has 0 aliphatic carbocycles. The number of carbonyl (C=O) groups excluding carboxylic acids is 1. The normalized spacial score (nSPS) is 10.8. The van der Waals surface area contributed by atoms with Crippen molar-refractivity contribution < 1.29 is 13.9 Å². The monoisotopic (exact) mass is 342 g/mol. The molecule has 0 bridgehead atoms. The van der Waals surface area contributed by atoms with Crippen LogP contribution in [0.5, 0.6) is 0 Å². The van der Waals surface area contributed by atoms with Gasteiger partial charge in [-0.2, -0.15) is 0 Å². The molecule has 3 rings (SSSR count). The van der Waals surface area contributed by atoms with Crippen molar-refractivity contribution in [1.29, 1.82) is 0 Å². The van der Waals surface area contributed by atoms with E-state index in [1.54, 1.807) is 18.2 Å². The number of benzene rings is 2. The van der Waals surface area contributed by atoms with Gasteiger partial charge in [0.2, 0.25) is 0 Å². The molecule has 0 saturated carbocycles. The zero-order valence-corrected chi connectivity index (χ0v) is 14.0. The van der Waals surface area contributed by atoms with Crippen LogP contribution in [0.15, 0.2) is 51.7 Å². The van der Waals surface area contributed by atoms with E-state index in [1.165, 1.54) is 12.1 Å². The molecule has 1 heterocycles. The number of fused-ring (bicyclic) bond motifs is 1. The van der Waals surface area contributed by atoms with Crippen LogP contribution in [0.1, 0.15) is 27.0 Å². The minimum Gasteiger partial charge on any atom is -0.457 e. The Morgan fingerprint density at radius 1 is 1.12 bits per heavy atom. The molecule has 0 unspecified atom stereocenters. The van der Waals surface area contributed by atoms with Crippen LogP contribution in [0, 0.1) is 13.8 Å². The van der Waals surface area contributed by atoms with Gasteiger partial charge in [-0.15, -0.1) is 0 Å². The van der Waals surface area contributed by atoms with Crippen molar-refractivity contribution in [3.05, 3.63) is 80.2 Å². The quantitative estimate of drug-likeness (QED) is 0.522. The van der Waals surface area contributed by atoms with Crippen LogP contribution in [0.25, 0.3) is 11.0 Å². The molecule has 24 heavy (non-hydrogen) atoms. The molecular formula is C19H15ClO4. The molecule has 0 atom stereocenters. The third-order valence-electron chi connectivity index (χ3n) is 3.86. The summed E-state index contributed by atoms with van der Waals surface area (Å²) in [5.41, 5.74) is 3.08. The first kappa shape index (κ1) is 16.3. The molecular weight excluding hydrogens is 328 g/mol. The van der Waals surface area contributed by atoms with Crippen LogP contribution in [0.4, 0.5) is 0 Å². The van der Waals surface area contributed by atoms with Crippen molar-refractivity contribution in [2.24, 2.45) is 0 Å². The molecule has 0 N–H and O–H groups in total. The average molecular weight is 343 g/mol. The zero-order valence-electron chi connectivity index (χ0n) is 13.3. The van der Waals surface area contributed by atoms with E-state index in [-0.39, 0.29) is 6.61 Å². The molecule has 0 radical (unpaired) electrons. The fourth-order valence-electron chi connectivity index (χ4n) is 2.44. The molecule has 0 fully saturated rings. The molecule has 0 aliphatic rings. The first-order valence-electron chi connectivity index (χ1n) is 7.41. The Bertz CT molecular complexity index is 988. The SMILES string of the molecule is Cc1cc2oc(=O)cc(COC(=O)c3cccc(Cl)c3)c2cc1C. The maximum atomic E-state index is 12.1. The number of aryl methyl sites for hydroxylation is 2. The second-order valence-electron chi connectivity index (χ2n) is 5.61. The predicted octanol–water partition coefficient (Wildman–Crippen LogP) is 4.42. The lowest BCUT2D eigenvalue weighted by Crippen LogP contribution is -2.08. The smallest absolute Gasteiger partial charge is 0.338 e. The summed E-state index contributed by atoms with van der Waals surface area (Å²) in [4.78, 5) is 23.9. The van der Waals surface area contributed by atoms with Crippen molar-refractivity contribution in [3.8, 4) is 0 Å². The molecule has 3 aromatic rings. The van der Waals surface area contributed by atoms with Gasteiger partial charge in [0, 0.05) is 22.0 Å². The van der Waals surface area contributed by atoms with Gasteiger partial charge in [0.05, 0.1) is 5.56 Å². The topological polar surface area (TPSA) is 56.5 Å². The number of halogens is 1. The number of hydrogen-bond acceptors (Lipinski definition) is 4. The summed E-state index contributed by atoms with van der Waals surface area (Å²) in [5, 5.41) is 1.22. The molecule has 4 nitrogen and oxygen atoms in total. The van der Waals surface area contributed by atoms with Crippen molar-refractivity contribution in [2.45, 2.75) is 20.5 Å². The predicted molar refractivity (Wildman–Crippen MR) is 92.5 cm³/mol. The summed E-state index contributed by atoms with van der Waals surface area (Å²) < 4.78 is 10.6. The van der Waals surface area contributed by atoms with Gasteiger partial charge < -0.3 is 9.15 Å². The van der Waals surface area contributed by atoms with Crippen LogP contribution < -0.4 is 5.63 Å². The largest absolute Gasteiger partial charge is 0.457 e. The highest BCUT2D eigenvalue weighted by Crippen LogP contribution is 2.22.